The lowest BCUT2D eigenvalue weighted by Crippen LogP contribution is -2.36. The van der Waals surface area contributed by atoms with Crippen molar-refractivity contribution < 1.29 is 9.59 Å². The van der Waals surface area contributed by atoms with Crippen molar-refractivity contribution in [3.05, 3.63) is 50.7 Å². The zero-order chi connectivity index (χ0) is 16.4. The molecule has 0 radical (unpaired) electrons. The Morgan fingerprint density at radius 2 is 2.22 bits per heavy atom. The molecule has 0 unspecified atom stereocenters. The molecule has 7 heteroatoms. The number of amides is 3. The lowest BCUT2D eigenvalue weighted by molar-refractivity contribution is -0.115. The summed E-state index contributed by atoms with van der Waals surface area (Å²) in [6.07, 6.45) is 0.390. The Kier molecular flexibility index (Phi) is 4.54. The molecule has 0 bridgehead atoms. The van der Waals surface area contributed by atoms with Gasteiger partial charge in [-0.05, 0) is 36.2 Å². The Morgan fingerprint density at radius 3 is 2.96 bits per heavy atom. The molecular formula is C16H16ClN3O2S. The highest BCUT2D eigenvalue weighted by atomic mass is 35.5. The number of anilines is 1. The second-order valence-corrected chi connectivity index (χ2v) is 7.20. The molecule has 0 spiro atoms. The smallest absolute Gasteiger partial charge is 0.315 e. The van der Waals surface area contributed by atoms with Gasteiger partial charge in [0.25, 0.3) is 0 Å². The Balaban J connectivity index is 1.56. The third kappa shape index (κ3) is 3.83. The maximum absolute atomic E-state index is 12.0. The van der Waals surface area contributed by atoms with Crippen molar-refractivity contribution >= 4 is 40.6 Å². The van der Waals surface area contributed by atoms with Crippen LogP contribution in [-0.2, 0) is 17.8 Å². The summed E-state index contributed by atoms with van der Waals surface area (Å²) in [4.78, 5) is 24.4. The van der Waals surface area contributed by atoms with E-state index in [4.69, 9.17) is 11.6 Å². The molecule has 1 aromatic carbocycles. The van der Waals surface area contributed by atoms with Crippen molar-refractivity contribution in [3.63, 3.8) is 0 Å². The van der Waals surface area contributed by atoms with E-state index in [2.05, 4.69) is 16.0 Å². The zero-order valence-electron chi connectivity index (χ0n) is 12.5. The number of fused-ring (bicyclic) bond motifs is 1. The van der Waals surface area contributed by atoms with Crippen molar-refractivity contribution in [1.29, 1.82) is 0 Å². The van der Waals surface area contributed by atoms with Gasteiger partial charge < -0.3 is 16.0 Å². The molecule has 0 aliphatic carbocycles. The molecule has 0 saturated carbocycles. The highest BCUT2D eigenvalue weighted by Gasteiger charge is 2.19. The summed E-state index contributed by atoms with van der Waals surface area (Å²) in [5.74, 6) is 0.00474. The standard InChI is InChI=1S/C16H16ClN3O2S/c1-9(10-2-4-13-11(6-10)7-15(21)20-13)19-16(22)18-8-12-3-5-14(17)23-12/h2-6,9H,7-8H2,1H3,(H,20,21)(H2,18,19,22)/t9-/m1/s1. The minimum atomic E-state index is -0.239. The van der Waals surface area contributed by atoms with E-state index in [1.54, 1.807) is 0 Å². The first-order valence-electron chi connectivity index (χ1n) is 7.22. The lowest BCUT2D eigenvalue weighted by atomic mass is 10.0. The number of nitrogens with one attached hydrogen (secondary N) is 3. The van der Waals surface area contributed by atoms with Crippen LogP contribution in [0.4, 0.5) is 10.5 Å². The van der Waals surface area contributed by atoms with Gasteiger partial charge in [0.1, 0.15) is 0 Å². The van der Waals surface area contributed by atoms with Gasteiger partial charge in [0, 0.05) is 10.6 Å². The van der Waals surface area contributed by atoms with Gasteiger partial charge in [0.15, 0.2) is 0 Å². The van der Waals surface area contributed by atoms with Crippen LogP contribution in [0, 0.1) is 0 Å². The van der Waals surface area contributed by atoms with Crippen LogP contribution in [0.5, 0.6) is 0 Å². The summed E-state index contributed by atoms with van der Waals surface area (Å²) in [6, 6.07) is 9.05. The maximum atomic E-state index is 12.0. The largest absolute Gasteiger partial charge is 0.333 e. The molecule has 1 atom stereocenters. The van der Waals surface area contributed by atoms with Crippen LogP contribution in [0.15, 0.2) is 30.3 Å². The molecule has 0 saturated heterocycles. The first-order valence-corrected chi connectivity index (χ1v) is 8.42. The third-order valence-electron chi connectivity index (χ3n) is 3.65. The molecule has 5 nitrogen and oxygen atoms in total. The van der Waals surface area contributed by atoms with Gasteiger partial charge in [0.2, 0.25) is 5.91 Å². The Bertz CT molecular complexity index is 760. The number of rotatable bonds is 4. The van der Waals surface area contributed by atoms with Crippen LogP contribution in [0.1, 0.15) is 29.0 Å². The molecule has 23 heavy (non-hydrogen) atoms. The van der Waals surface area contributed by atoms with Gasteiger partial charge in [-0.25, -0.2) is 4.79 Å². The number of halogens is 1. The Labute approximate surface area is 143 Å². The lowest BCUT2D eigenvalue weighted by Gasteiger charge is -2.15. The molecule has 120 valence electrons. The summed E-state index contributed by atoms with van der Waals surface area (Å²) >= 11 is 7.30. The summed E-state index contributed by atoms with van der Waals surface area (Å²) < 4.78 is 0.705. The van der Waals surface area contributed by atoms with Crippen LogP contribution >= 0.6 is 22.9 Å². The molecule has 3 rings (SSSR count). The Hall–Kier alpha value is -2.05. The fraction of sp³-hybridized carbons (Fsp3) is 0.250. The van der Waals surface area contributed by atoms with Gasteiger partial charge in [-0.3, -0.25) is 4.79 Å². The number of carbonyl (C=O) groups excluding carboxylic acids is 2. The van der Waals surface area contributed by atoms with Crippen molar-refractivity contribution in [3.8, 4) is 0 Å². The van der Waals surface area contributed by atoms with Crippen LogP contribution < -0.4 is 16.0 Å². The van der Waals surface area contributed by atoms with Crippen LogP contribution in [0.2, 0.25) is 4.34 Å². The number of carbonyl (C=O) groups is 2. The molecule has 1 aromatic heterocycles. The van der Waals surface area contributed by atoms with E-state index >= 15 is 0 Å². The normalized spacial score (nSPS) is 14.1. The number of benzene rings is 1. The molecular weight excluding hydrogens is 334 g/mol. The average Bonchev–Trinajstić information content (AvgIpc) is 3.08. The SMILES string of the molecule is C[C@@H](NC(=O)NCc1ccc(Cl)s1)c1ccc2c(c1)CC(=O)N2. The zero-order valence-corrected chi connectivity index (χ0v) is 14.1. The molecule has 3 N–H and O–H groups in total. The predicted molar refractivity (Wildman–Crippen MR) is 91.9 cm³/mol. The predicted octanol–water partition coefficient (Wildman–Crippen LogP) is 3.46. The summed E-state index contributed by atoms with van der Waals surface area (Å²) in [7, 11) is 0. The fourth-order valence-corrected chi connectivity index (χ4v) is 3.49. The van der Waals surface area contributed by atoms with E-state index < -0.39 is 0 Å². The molecule has 0 fully saturated rings. The molecule has 1 aliphatic heterocycles. The van der Waals surface area contributed by atoms with E-state index in [1.807, 2.05) is 37.3 Å². The van der Waals surface area contributed by atoms with Crippen LogP contribution in [0.25, 0.3) is 0 Å². The molecule has 2 aromatic rings. The average molecular weight is 350 g/mol. The van der Waals surface area contributed by atoms with Crippen molar-refractivity contribution in [1.82, 2.24) is 10.6 Å². The summed E-state index contributed by atoms with van der Waals surface area (Å²) in [5.41, 5.74) is 2.79. The number of urea groups is 1. The van der Waals surface area contributed by atoms with E-state index in [9.17, 15) is 9.59 Å². The fourth-order valence-electron chi connectivity index (χ4n) is 2.46. The van der Waals surface area contributed by atoms with E-state index in [-0.39, 0.29) is 18.0 Å². The molecule has 1 aliphatic rings. The second-order valence-electron chi connectivity index (χ2n) is 5.40. The first-order chi connectivity index (χ1) is 11.0. The third-order valence-corrected chi connectivity index (χ3v) is 4.89. The van der Waals surface area contributed by atoms with Gasteiger partial charge >= 0.3 is 6.03 Å². The maximum Gasteiger partial charge on any atom is 0.315 e. The highest BCUT2D eigenvalue weighted by Crippen LogP contribution is 2.26. The quantitative estimate of drug-likeness (QED) is 0.791. The number of hydrogen-bond acceptors (Lipinski definition) is 3. The van der Waals surface area contributed by atoms with Gasteiger partial charge in [-0.1, -0.05) is 23.7 Å². The van der Waals surface area contributed by atoms with E-state index in [0.717, 1.165) is 21.7 Å². The van der Waals surface area contributed by atoms with Crippen molar-refractivity contribution in [2.75, 3.05) is 5.32 Å². The summed E-state index contributed by atoms with van der Waals surface area (Å²) in [5, 5.41) is 8.50. The number of thiophene rings is 1. The van der Waals surface area contributed by atoms with E-state index in [1.165, 1.54) is 11.3 Å². The summed E-state index contributed by atoms with van der Waals surface area (Å²) in [6.45, 7) is 2.35. The minimum Gasteiger partial charge on any atom is -0.333 e. The van der Waals surface area contributed by atoms with Gasteiger partial charge in [-0.15, -0.1) is 11.3 Å². The van der Waals surface area contributed by atoms with E-state index in [0.29, 0.717) is 17.3 Å². The van der Waals surface area contributed by atoms with Crippen LogP contribution in [0.3, 0.4) is 0 Å². The van der Waals surface area contributed by atoms with Gasteiger partial charge in [0.05, 0.1) is 23.3 Å². The topological polar surface area (TPSA) is 70.2 Å². The second kappa shape index (κ2) is 6.60. The van der Waals surface area contributed by atoms with Crippen molar-refractivity contribution in [2.24, 2.45) is 0 Å². The minimum absolute atomic E-state index is 0.00474. The highest BCUT2D eigenvalue weighted by molar-refractivity contribution is 7.16. The van der Waals surface area contributed by atoms with Crippen molar-refractivity contribution in [2.45, 2.75) is 25.9 Å². The first kappa shape index (κ1) is 15.8. The van der Waals surface area contributed by atoms with Gasteiger partial charge in [-0.2, -0.15) is 0 Å². The molecule has 2 heterocycles. The van der Waals surface area contributed by atoms with Crippen LogP contribution in [-0.4, -0.2) is 11.9 Å². The Morgan fingerprint density at radius 1 is 1.39 bits per heavy atom. The monoisotopic (exact) mass is 349 g/mol. The molecule has 3 amide bonds. The number of hydrogen-bond donors (Lipinski definition) is 3.